The molecule has 9 rings (SSSR count). The van der Waals surface area contributed by atoms with Gasteiger partial charge in [-0.2, -0.15) is 15.8 Å². The minimum Gasteiger partial charge on any atom is -0.309 e. The minimum atomic E-state index is 0.561. The van der Waals surface area contributed by atoms with Gasteiger partial charge in [-0.3, -0.25) is 0 Å². The second-order valence-corrected chi connectivity index (χ2v) is 12.3. The monoisotopic (exact) mass is 635 g/mol. The third kappa shape index (κ3) is 4.31. The fourth-order valence-corrected chi connectivity index (χ4v) is 7.48. The molecule has 0 atom stereocenters. The van der Waals surface area contributed by atoms with E-state index in [4.69, 9.17) is 0 Å². The van der Waals surface area contributed by atoms with Crippen LogP contribution < -0.4 is 0 Å². The van der Waals surface area contributed by atoms with Crippen molar-refractivity contribution in [2.24, 2.45) is 0 Å². The van der Waals surface area contributed by atoms with Gasteiger partial charge >= 0.3 is 0 Å². The largest absolute Gasteiger partial charge is 0.309 e. The highest BCUT2D eigenvalue weighted by Gasteiger charge is 2.18. The SMILES string of the molecule is N#Cc1ccc2c(c1)c1ccccc1n2-c1ccccc1-c1cccc(-c2ccc(-n3c4ccccc4c4c(C#N)cccc43)cc2C#N)c1. The van der Waals surface area contributed by atoms with E-state index in [1.54, 1.807) is 0 Å². The van der Waals surface area contributed by atoms with Gasteiger partial charge in [-0.05, 0) is 83.4 Å². The minimum absolute atomic E-state index is 0.561. The highest BCUT2D eigenvalue weighted by atomic mass is 15.0. The van der Waals surface area contributed by atoms with Gasteiger partial charge in [-0.25, -0.2) is 0 Å². The van der Waals surface area contributed by atoms with Gasteiger partial charge in [0.15, 0.2) is 0 Å². The van der Waals surface area contributed by atoms with Crippen molar-refractivity contribution in [3.63, 3.8) is 0 Å². The summed E-state index contributed by atoms with van der Waals surface area (Å²) in [6, 6.07) is 57.8. The van der Waals surface area contributed by atoms with Crippen LogP contribution in [0.1, 0.15) is 16.7 Å². The Kier molecular flexibility index (Phi) is 6.56. The molecule has 0 N–H and O–H groups in total. The molecular formula is C45H25N5. The highest BCUT2D eigenvalue weighted by molar-refractivity contribution is 6.12. The number of benzene rings is 7. The molecule has 230 valence electrons. The summed E-state index contributed by atoms with van der Waals surface area (Å²) in [7, 11) is 0. The first-order valence-electron chi connectivity index (χ1n) is 16.3. The molecule has 0 amide bonds. The molecule has 5 nitrogen and oxygen atoms in total. The van der Waals surface area contributed by atoms with Gasteiger partial charge in [0.05, 0.1) is 62.7 Å². The topological polar surface area (TPSA) is 81.2 Å². The number of fused-ring (bicyclic) bond motifs is 6. The van der Waals surface area contributed by atoms with Crippen molar-refractivity contribution in [3.8, 4) is 51.8 Å². The summed E-state index contributed by atoms with van der Waals surface area (Å²) in [5.74, 6) is 0. The Balaban J connectivity index is 1.19. The Morgan fingerprint density at radius 3 is 1.86 bits per heavy atom. The van der Waals surface area contributed by atoms with Crippen LogP contribution in [0.3, 0.4) is 0 Å². The van der Waals surface area contributed by atoms with Crippen molar-refractivity contribution in [2.75, 3.05) is 0 Å². The lowest BCUT2D eigenvalue weighted by atomic mass is 9.95. The van der Waals surface area contributed by atoms with Crippen molar-refractivity contribution in [1.29, 1.82) is 15.8 Å². The Bertz CT molecular complexity index is 2970. The number of hydrogen-bond donors (Lipinski definition) is 0. The van der Waals surface area contributed by atoms with Crippen LogP contribution in [-0.4, -0.2) is 9.13 Å². The van der Waals surface area contributed by atoms with Crippen molar-refractivity contribution < 1.29 is 0 Å². The molecule has 0 aliphatic rings. The molecule has 0 saturated heterocycles. The summed E-state index contributed by atoms with van der Waals surface area (Å²) in [5, 5.41) is 34.0. The molecule has 2 heterocycles. The van der Waals surface area contributed by atoms with Crippen molar-refractivity contribution in [2.45, 2.75) is 0 Å². The molecular weight excluding hydrogens is 611 g/mol. The number of rotatable bonds is 4. The van der Waals surface area contributed by atoms with Crippen LogP contribution in [0.4, 0.5) is 0 Å². The first-order chi connectivity index (χ1) is 24.7. The fraction of sp³-hybridized carbons (Fsp3) is 0. The highest BCUT2D eigenvalue weighted by Crippen LogP contribution is 2.39. The molecule has 0 aliphatic heterocycles. The number of para-hydroxylation sites is 3. The summed E-state index contributed by atoms with van der Waals surface area (Å²) in [6.45, 7) is 0. The molecule has 5 heteroatoms. The van der Waals surface area contributed by atoms with Crippen LogP contribution in [0.2, 0.25) is 0 Å². The summed E-state index contributed by atoms with van der Waals surface area (Å²) < 4.78 is 4.40. The lowest BCUT2D eigenvalue weighted by Gasteiger charge is -2.15. The van der Waals surface area contributed by atoms with E-state index in [1.807, 2.05) is 103 Å². The van der Waals surface area contributed by atoms with Gasteiger partial charge < -0.3 is 9.13 Å². The van der Waals surface area contributed by atoms with Gasteiger partial charge in [0.1, 0.15) is 0 Å². The normalized spacial score (nSPS) is 11.1. The molecule has 0 aliphatic carbocycles. The average Bonchev–Trinajstić information content (AvgIpc) is 3.70. The fourth-order valence-electron chi connectivity index (χ4n) is 7.48. The smallest absolute Gasteiger partial charge is 0.0998 e. The van der Waals surface area contributed by atoms with Crippen molar-refractivity contribution in [1.82, 2.24) is 9.13 Å². The third-order valence-corrected chi connectivity index (χ3v) is 9.63. The van der Waals surface area contributed by atoms with Crippen LogP contribution in [0.15, 0.2) is 152 Å². The quantitative estimate of drug-likeness (QED) is 0.193. The zero-order chi connectivity index (χ0) is 33.8. The Labute approximate surface area is 287 Å². The predicted octanol–water partition coefficient (Wildman–Crippen LogP) is 10.8. The molecule has 50 heavy (non-hydrogen) atoms. The summed E-state index contributed by atoms with van der Waals surface area (Å²) in [4.78, 5) is 0. The first kappa shape index (κ1) is 28.8. The van der Waals surface area contributed by atoms with Gasteiger partial charge in [-0.15, -0.1) is 0 Å². The molecule has 0 saturated carbocycles. The van der Waals surface area contributed by atoms with Gasteiger partial charge in [0, 0.05) is 32.8 Å². The van der Waals surface area contributed by atoms with Crippen molar-refractivity contribution in [3.05, 3.63) is 168 Å². The van der Waals surface area contributed by atoms with Crippen LogP contribution in [0.5, 0.6) is 0 Å². The van der Waals surface area contributed by atoms with Crippen LogP contribution >= 0.6 is 0 Å². The van der Waals surface area contributed by atoms with E-state index in [0.29, 0.717) is 16.7 Å². The number of aromatic nitrogens is 2. The van der Waals surface area contributed by atoms with E-state index >= 15 is 0 Å². The third-order valence-electron chi connectivity index (χ3n) is 9.63. The maximum Gasteiger partial charge on any atom is 0.0998 e. The molecule has 2 aromatic heterocycles. The number of nitrogens with zero attached hydrogens (tertiary/aromatic N) is 5. The maximum atomic E-state index is 10.5. The second-order valence-electron chi connectivity index (χ2n) is 12.3. The molecule has 0 unspecified atom stereocenters. The average molecular weight is 636 g/mol. The van der Waals surface area contributed by atoms with E-state index in [-0.39, 0.29) is 0 Å². The molecule has 7 aromatic carbocycles. The predicted molar refractivity (Wildman–Crippen MR) is 200 cm³/mol. The zero-order valence-corrected chi connectivity index (χ0v) is 26.7. The van der Waals surface area contributed by atoms with E-state index in [1.165, 1.54) is 0 Å². The van der Waals surface area contributed by atoms with E-state index < -0.39 is 0 Å². The summed E-state index contributed by atoms with van der Waals surface area (Å²) in [6.07, 6.45) is 0. The zero-order valence-electron chi connectivity index (χ0n) is 26.7. The summed E-state index contributed by atoms with van der Waals surface area (Å²) >= 11 is 0. The molecule has 0 bridgehead atoms. The number of nitriles is 3. The van der Waals surface area contributed by atoms with E-state index in [0.717, 1.165) is 77.2 Å². The standard InChI is InChI=1S/C45H25N5/c46-26-29-19-22-43-39(23-29)37-13-2-5-16-41(37)50(43)40-15-4-1-12-36(40)31-10-7-9-30(24-31)35-21-20-34(25-33(35)28-48)49-42-17-6-3-14-38(42)45-32(27-47)11-8-18-44(45)49/h1-25H. The van der Waals surface area contributed by atoms with E-state index in [9.17, 15) is 15.8 Å². The van der Waals surface area contributed by atoms with Gasteiger partial charge in [-0.1, -0.05) is 84.9 Å². The number of hydrogen-bond acceptors (Lipinski definition) is 3. The van der Waals surface area contributed by atoms with Crippen LogP contribution in [-0.2, 0) is 0 Å². The Morgan fingerprint density at radius 2 is 1.06 bits per heavy atom. The Morgan fingerprint density at radius 1 is 0.400 bits per heavy atom. The van der Waals surface area contributed by atoms with E-state index in [2.05, 4.69) is 75.9 Å². The lowest BCUT2D eigenvalue weighted by Crippen LogP contribution is -1.98. The lowest BCUT2D eigenvalue weighted by molar-refractivity contribution is 1.18. The summed E-state index contributed by atoms with van der Waals surface area (Å²) in [5.41, 5.74) is 11.6. The van der Waals surface area contributed by atoms with Gasteiger partial charge in [0.2, 0.25) is 0 Å². The van der Waals surface area contributed by atoms with Crippen LogP contribution in [0, 0.1) is 34.0 Å². The Hall–Kier alpha value is -7.39. The van der Waals surface area contributed by atoms with Crippen molar-refractivity contribution >= 4 is 43.6 Å². The maximum absolute atomic E-state index is 10.5. The molecule has 0 fully saturated rings. The van der Waals surface area contributed by atoms with Crippen LogP contribution in [0.25, 0.3) is 77.2 Å². The molecule has 9 aromatic rings. The van der Waals surface area contributed by atoms with Gasteiger partial charge in [0.25, 0.3) is 0 Å². The molecule has 0 radical (unpaired) electrons. The second kappa shape index (κ2) is 11.4. The first-order valence-corrected chi connectivity index (χ1v) is 16.3. The molecule has 0 spiro atoms.